The number of benzene rings is 1. The first kappa shape index (κ1) is 10.8. The molecule has 0 atom stereocenters. The molecule has 0 unspecified atom stereocenters. The van der Waals surface area contributed by atoms with Gasteiger partial charge in [0.2, 0.25) is 0 Å². The van der Waals surface area contributed by atoms with Gasteiger partial charge in [-0.3, -0.25) is 0 Å². The van der Waals surface area contributed by atoms with Crippen LogP contribution >= 0.6 is 32.9 Å². The fourth-order valence-corrected chi connectivity index (χ4v) is 4.07. The van der Waals surface area contributed by atoms with E-state index in [4.69, 9.17) is 17.0 Å². The van der Waals surface area contributed by atoms with Crippen molar-refractivity contribution in [1.29, 1.82) is 0 Å². The second kappa shape index (κ2) is 4.43. The molecule has 0 spiro atoms. The first-order chi connectivity index (χ1) is 7.22. The van der Waals surface area contributed by atoms with Gasteiger partial charge >= 0.3 is 0 Å². The van der Waals surface area contributed by atoms with Crippen molar-refractivity contribution in [3.05, 3.63) is 33.0 Å². The second-order valence-corrected chi connectivity index (χ2v) is 6.13. The van der Waals surface area contributed by atoms with Crippen molar-refractivity contribution >= 4 is 32.9 Å². The van der Waals surface area contributed by atoms with Crippen LogP contribution in [0.15, 0.2) is 24.3 Å². The zero-order valence-electron chi connectivity index (χ0n) is 8.44. The summed E-state index contributed by atoms with van der Waals surface area (Å²) in [5, 5.41) is 0. The van der Waals surface area contributed by atoms with Crippen molar-refractivity contribution in [2.45, 2.75) is 6.92 Å². The minimum absolute atomic E-state index is 0.876. The molecule has 0 N–H and O–H groups in total. The summed E-state index contributed by atoms with van der Waals surface area (Å²) in [6.45, 7) is 2.11. The van der Waals surface area contributed by atoms with E-state index in [0.717, 1.165) is 9.57 Å². The summed E-state index contributed by atoms with van der Waals surface area (Å²) in [6, 6.07) is 8.03. The van der Waals surface area contributed by atoms with Gasteiger partial charge in [0, 0.05) is 10.4 Å². The fraction of sp³-hybridized carbons (Fsp3) is 0.182. The SMILES string of the molecule is COc1ccc(-c2c(C)ssc2=S)cc1. The van der Waals surface area contributed by atoms with Crippen LogP contribution in [0.4, 0.5) is 0 Å². The summed E-state index contributed by atoms with van der Waals surface area (Å²) < 4.78 is 6.10. The van der Waals surface area contributed by atoms with Crippen LogP contribution in [-0.2, 0) is 0 Å². The van der Waals surface area contributed by atoms with E-state index >= 15 is 0 Å². The molecular weight excluding hydrogens is 244 g/mol. The first-order valence-electron chi connectivity index (χ1n) is 4.46. The average Bonchev–Trinajstić information content (AvgIpc) is 2.59. The number of methoxy groups -OCH3 is 1. The molecular formula is C11H10OS3. The van der Waals surface area contributed by atoms with Crippen molar-refractivity contribution in [3.63, 3.8) is 0 Å². The highest BCUT2D eigenvalue weighted by molar-refractivity contribution is 7.79. The lowest BCUT2D eigenvalue weighted by Gasteiger charge is -2.02. The number of rotatable bonds is 2. The Morgan fingerprint density at radius 3 is 2.27 bits per heavy atom. The van der Waals surface area contributed by atoms with Crippen molar-refractivity contribution in [3.8, 4) is 16.9 Å². The minimum Gasteiger partial charge on any atom is -0.497 e. The van der Waals surface area contributed by atoms with Crippen LogP contribution in [0.2, 0.25) is 0 Å². The monoisotopic (exact) mass is 254 g/mol. The molecule has 1 heterocycles. The molecule has 1 nitrogen and oxygen atoms in total. The van der Waals surface area contributed by atoms with E-state index in [1.807, 2.05) is 12.1 Å². The Hall–Kier alpha value is -0.710. The fourth-order valence-electron chi connectivity index (χ4n) is 1.41. The van der Waals surface area contributed by atoms with Gasteiger partial charge < -0.3 is 4.74 Å². The van der Waals surface area contributed by atoms with E-state index in [9.17, 15) is 0 Å². The lowest BCUT2D eigenvalue weighted by Crippen LogP contribution is -1.82. The van der Waals surface area contributed by atoms with Crippen LogP contribution in [0.3, 0.4) is 0 Å². The third-order valence-corrected chi connectivity index (χ3v) is 5.34. The molecule has 0 aliphatic rings. The molecule has 2 rings (SSSR count). The van der Waals surface area contributed by atoms with Gasteiger partial charge in [0.15, 0.2) is 0 Å². The highest BCUT2D eigenvalue weighted by atomic mass is 32.9. The number of aryl methyl sites for hydroxylation is 1. The summed E-state index contributed by atoms with van der Waals surface area (Å²) >= 11 is 5.31. The molecule has 0 aliphatic carbocycles. The van der Waals surface area contributed by atoms with Gasteiger partial charge in [-0.2, -0.15) is 0 Å². The third-order valence-electron chi connectivity index (χ3n) is 2.18. The molecule has 2 aromatic rings. The van der Waals surface area contributed by atoms with Crippen LogP contribution in [0.1, 0.15) is 4.88 Å². The molecule has 0 aliphatic heterocycles. The third kappa shape index (κ3) is 2.12. The largest absolute Gasteiger partial charge is 0.497 e. The zero-order chi connectivity index (χ0) is 10.8. The zero-order valence-corrected chi connectivity index (χ0v) is 10.9. The van der Waals surface area contributed by atoms with Gasteiger partial charge in [-0.1, -0.05) is 45.0 Å². The van der Waals surface area contributed by atoms with Gasteiger partial charge in [0.05, 0.1) is 7.11 Å². The highest BCUT2D eigenvalue weighted by Crippen LogP contribution is 2.33. The Morgan fingerprint density at radius 1 is 1.13 bits per heavy atom. The van der Waals surface area contributed by atoms with Crippen LogP contribution in [0, 0.1) is 10.7 Å². The Labute approximate surface area is 101 Å². The molecule has 1 aromatic heterocycles. The topological polar surface area (TPSA) is 9.23 Å². The van der Waals surface area contributed by atoms with Crippen LogP contribution in [0.5, 0.6) is 5.75 Å². The van der Waals surface area contributed by atoms with Crippen molar-refractivity contribution < 1.29 is 4.74 Å². The highest BCUT2D eigenvalue weighted by Gasteiger charge is 2.06. The first-order valence-corrected chi connectivity index (χ1v) is 7.02. The van der Waals surface area contributed by atoms with Gasteiger partial charge in [0.25, 0.3) is 0 Å². The molecule has 0 saturated carbocycles. The quantitative estimate of drug-likeness (QED) is 0.575. The van der Waals surface area contributed by atoms with Gasteiger partial charge in [-0.25, -0.2) is 0 Å². The molecule has 0 amide bonds. The molecule has 0 radical (unpaired) electrons. The summed E-state index contributed by atoms with van der Waals surface area (Å²) in [4.78, 5) is 1.29. The summed E-state index contributed by atoms with van der Waals surface area (Å²) in [6.07, 6.45) is 0. The van der Waals surface area contributed by atoms with Crippen molar-refractivity contribution in [1.82, 2.24) is 0 Å². The molecule has 1 aromatic carbocycles. The average molecular weight is 254 g/mol. The lowest BCUT2D eigenvalue weighted by molar-refractivity contribution is 0.415. The Kier molecular flexibility index (Phi) is 3.19. The molecule has 0 saturated heterocycles. The number of hydrogen-bond donors (Lipinski definition) is 0. The Bertz CT molecular complexity index is 507. The van der Waals surface area contributed by atoms with E-state index in [2.05, 4.69) is 19.1 Å². The summed E-state index contributed by atoms with van der Waals surface area (Å²) in [5.74, 6) is 0.876. The molecule has 0 bridgehead atoms. The maximum absolute atomic E-state index is 5.31. The predicted molar refractivity (Wildman–Crippen MR) is 69.8 cm³/mol. The van der Waals surface area contributed by atoms with E-state index in [0.29, 0.717) is 0 Å². The molecule has 4 heteroatoms. The predicted octanol–water partition coefficient (Wildman–Crippen LogP) is 4.52. The van der Waals surface area contributed by atoms with Crippen molar-refractivity contribution in [2.24, 2.45) is 0 Å². The standard InChI is InChI=1S/C11H10OS3/c1-7-10(11(13)15-14-7)8-3-5-9(12-2)6-4-8/h3-6H,1-2H3. The Morgan fingerprint density at radius 2 is 1.80 bits per heavy atom. The van der Waals surface area contributed by atoms with E-state index in [1.165, 1.54) is 16.0 Å². The Balaban J connectivity index is 2.50. The second-order valence-electron chi connectivity index (χ2n) is 3.11. The number of hydrogen-bond acceptors (Lipinski definition) is 4. The molecule has 0 fully saturated rings. The smallest absolute Gasteiger partial charge is 0.118 e. The van der Waals surface area contributed by atoms with Crippen LogP contribution in [0.25, 0.3) is 11.1 Å². The van der Waals surface area contributed by atoms with E-state index in [1.54, 1.807) is 27.8 Å². The van der Waals surface area contributed by atoms with Gasteiger partial charge in [-0.05, 0) is 24.6 Å². The van der Waals surface area contributed by atoms with Gasteiger partial charge in [-0.15, -0.1) is 0 Å². The molecule has 78 valence electrons. The van der Waals surface area contributed by atoms with E-state index in [-0.39, 0.29) is 0 Å². The lowest BCUT2D eigenvalue weighted by atomic mass is 10.1. The van der Waals surface area contributed by atoms with Crippen molar-refractivity contribution in [2.75, 3.05) is 7.11 Å². The van der Waals surface area contributed by atoms with Gasteiger partial charge in [0.1, 0.15) is 9.57 Å². The normalized spacial score (nSPS) is 10.3. The summed E-state index contributed by atoms with van der Waals surface area (Å²) in [7, 11) is 5.08. The maximum Gasteiger partial charge on any atom is 0.118 e. The maximum atomic E-state index is 5.31. The minimum atomic E-state index is 0.876. The van der Waals surface area contributed by atoms with Crippen LogP contribution in [-0.4, -0.2) is 7.11 Å². The van der Waals surface area contributed by atoms with Crippen LogP contribution < -0.4 is 4.74 Å². The number of ether oxygens (including phenoxy) is 1. The van der Waals surface area contributed by atoms with E-state index < -0.39 is 0 Å². The molecule has 15 heavy (non-hydrogen) atoms. The summed E-state index contributed by atoms with van der Waals surface area (Å²) in [5.41, 5.74) is 2.37.